The summed E-state index contributed by atoms with van der Waals surface area (Å²) in [5.74, 6) is -0.297. The molecular weight excluding hydrogens is 298 g/mol. The highest BCUT2D eigenvalue weighted by molar-refractivity contribution is 6.30. The standard InChI is InChI=1S/C18H16ClNO2/c1-13(20-16-9-7-15(19)8-10-16)11-17(21)12-18(22)14-5-3-2-4-6-14/h2-10H,11-12H2,1H3. The van der Waals surface area contributed by atoms with Crippen LogP contribution < -0.4 is 0 Å². The van der Waals surface area contributed by atoms with Crippen LogP contribution in [-0.4, -0.2) is 17.3 Å². The number of ketones is 2. The fourth-order valence-electron chi connectivity index (χ4n) is 2.03. The van der Waals surface area contributed by atoms with E-state index in [0.29, 0.717) is 16.3 Å². The molecule has 2 aromatic rings. The van der Waals surface area contributed by atoms with E-state index in [-0.39, 0.29) is 24.4 Å². The summed E-state index contributed by atoms with van der Waals surface area (Å²) in [6.45, 7) is 1.78. The van der Waals surface area contributed by atoms with Gasteiger partial charge in [-0.3, -0.25) is 14.6 Å². The van der Waals surface area contributed by atoms with Gasteiger partial charge in [-0.05, 0) is 31.2 Å². The Labute approximate surface area is 134 Å². The number of hydrogen-bond acceptors (Lipinski definition) is 3. The van der Waals surface area contributed by atoms with Crippen LogP contribution in [0.25, 0.3) is 0 Å². The van der Waals surface area contributed by atoms with E-state index in [2.05, 4.69) is 4.99 Å². The van der Waals surface area contributed by atoms with Gasteiger partial charge in [0.15, 0.2) is 5.78 Å². The number of halogens is 1. The monoisotopic (exact) mass is 313 g/mol. The van der Waals surface area contributed by atoms with E-state index in [9.17, 15) is 9.59 Å². The second-order valence-corrected chi connectivity index (χ2v) is 5.44. The average molecular weight is 314 g/mol. The van der Waals surface area contributed by atoms with Crippen molar-refractivity contribution < 1.29 is 9.59 Å². The maximum atomic E-state index is 12.0. The molecule has 4 heteroatoms. The Bertz CT molecular complexity index is 691. The summed E-state index contributed by atoms with van der Waals surface area (Å²) in [5, 5.41) is 0.640. The van der Waals surface area contributed by atoms with Crippen molar-refractivity contribution in [2.24, 2.45) is 4.99 Å². The number of carbonyl (C=O) groups excluding carboxylic acids is 2. The van der Waals surface area contributed by atoms with E-state index in [4.69, 9.17) is 11.6 Å². The Hall–Kier alpha value is -2.26. The summed E-state index contributed by atoms with van der Waals surface area (Å²) in [6, 6.07) is 15.9. The highest BCUT2D eigenvalue weighted by Gasteiger charge is 2.12. The average Bonchev–Trinajstić information content (AvgIpc) is 2.50. The summed E-state index contributed by atoms with van der Waals surface area (Å²) in [7, 11) is 0. The number of hydrogen-bond donors (Lipinski definition) is 0. The molecule has 0 heterocycles. The van der Waals surface area contributed by atoms with Crippen LogP contribution >= 0.6 is 11.6 Å². The summed E-state index contributed by atoms with van der Waals surface area (Å²) in [5.41, 5.74) is 1.97. The normalized spacial score (nSPS) is 11.3. The number of nitrogens with zero attached hydrogens (tertiary/aromatic N) is 1. The molecular formula is C18H16ClNO2. The van der Waals surface area contributed by atoms with Gasteiger partial charge in [-0.1, -0.05) is 41.9 Å². The van der Waals surface area contributed by atoms with Crippen LogP contribution in [0.2, 0.25) is 5.02 Å². The van der Waals surface area contributed by atoms with Gasteiger partial charge in [-0.15, -0.1) is 0 Å². The van der Waals surface area contributed by atoms with Crippen molar-refractivity contribution in [3.8, 4) is 0 Å². The molecule has 0 aromatic heterocycles. The summed E-state index contributed by atoms with van der Waals surface area (Å²) >= 11 is 5.81. The van der Waals surface area contributed by atoms with E-state index in [1.807, 2.05) is 6.07 Å². The van der Waals surface area contributed by atoms with Crippen LogP contribution in [0.1, 0.15) is 30.1 Å². The third-order valence-electron chi connectivity index (χ3n) is 3.05. The quantitative estimate of drug-likeness (QED) is 0.442. The SMILES string of the molecule is CC(CC(=O)CC(=O)c1ccccc1)=Nc1ccc(Cl)cc1. The molecule has 0 aliphatic rings. The molecule has 0 bridgehead atoms. The first-order valence-electron chi connectivity index (χ1n) is 6.94. The Balaban J connectivity index is 1.94. The summed E-state index contributed by atoms with van der Waals surface area (Å²) in [6.07, 6.45) is 0.0681. The Morgan fingerprint density at radius 1 is 0.955 bits per heavy atom. The van der Waals surface area contributed by atoms with Gasteiger partial charge in [0.2, 0.25) is 0 Å². The van der Waals surface area contributed by atoms with Crippen molar-refractivity contribution in [2.75, 3.05) is 0 Å². The Kier molecular flexibility index (Phi) is 5.61. The topological polar surface area (TPSA) is 46.5 Å². The first-order valence-corrected chi connectivity index (χ1v) is 7.32. The number of rotatable bonds is 6. The van der Waals surface area contributed by atoms with Crippen molar-refractivity contribution >= 4 is 34.6 Å². The number of Topliss-reactive ketones (excluding diaryl/α,β-unsaturated/α-hetero) is 2. The van der Waals surface area contributed by atoms with Gasteiger partial charge in [0.25, 0.3) is 0 Å². The zero-order valence-corrected chi connectivity index (χ0v) is 13.0. The smallest absolute Gasteiger partial charge is 0.170 e. The van der Waals surface area contributed by atoms with Crippen LogP contribution in [0.15, 0.2) is 59.6 Å². The highest BCUT2D eigenvalue weighted by Crippen LogP contribution is 2.17. The zero-order chi connectivity index (χ0) is 15.9. The fraction of sp³-hybridized carbons (Fsp3) is 0.167. The van der Waals surface area contributed by atoms with E-state index >= 15 is 0 Å². The maximum Gasteiger partial charge on any atom is 0.170 e. The number of carbonyl (C=O) groups is 2. The van der Waals surface area contributed by atoms with Crippen LogP contribution in [-0.2, 0) is 4.79 Å². The third kappa shape index (κ3) is 4.93. The number of aliphatic imine (C=N–C) groups is 1. The predicted octanol–water partition coefficient (Wildman–Crippen LogP) is 4.66. The molecule has 0 radical (unpaired) electrons. The lowest BCUT2D eigenvalue weighted by molar-refractivity contribution is -0.117. The molecule has 0 aliphatic heterocycles. The van der Waals surface area contributed by atoms with Crippen LogP contribution in [0.5, 0.6) is 0 Å². The minimum absolute atomic E-state index is 0.0997. The zero-order valence-electron chi connectivity index (χ0n) is 12.3. The Morgan fingerprint density at radius 2 is 1.59 bits per heavy atom. The fourth-order valence-corrected chi connectivity index (χ4v) is 2.15. The van der Waals surface area contributed by atoms with Gasteiger partial charge in [0.05, 0.1) is 12.1 Å². The molecule has 112 valence electrons. The van der Waals surface area contributed by atoms with Crippen molar-refractivity contribution in [2.45, 2.75) is 19.8 Å². The van der Waals surface area contributed by atoms with Gasteiger partial charge >= 0.3 is 0 Å². The first kappa shape index (κ1) is 16.1. The molecule has 0 unspecified atom stereocenters. The highest BCUT2D eigenvalue weighted by atomic mass is 35.5. The van der Waals surface area contributed by atoms with Crippen LogP contribution in [0.4, 0.5) is 5.69 Å². The van der Waals surface area contributed by atoms with E-state index in [1.165, 1.54) is 0 Å². The second-order valence-electron chi connectivity index (χ2n) is 5.00. The van der Waals surface area contributed by atoms with Crippen molar-refractivity contribution in [3.63, 3.8) is 0 Å². The van der Waals surface area contributed by atoms with Crippen molar-refractivity contribution in [3.05, 3.63) is 65.2 Å². The maximum absolute atomic E-state index is 12.0. The molecule has 0 N–H and O–H groups in total. The molecule has 0 fully saturated rings. The van der Waals surface area contributed by atoms with Gasteiger partial charge in [-0.25, -0.2) is 0 Å². The molecule has 22 heavy (non-hydrogen) atoms. The number of benzene rings is 2. The van der Waals surface area contributed by atoms with Crippen LogP contribution in [0, 0.1) is 0 Å². The first-order chi connectivity index (χ1) is 10.5. The lowest BCUT2D eigenvalue weighted by Crippen LogP contribution is -2.11. The third-order valence-corrected chi connectivity index (χ3v) is 3.31. The lowest BCUT2D eigenvalue weighted by atomic mass is 10.0. The molecule has 2 rings (SSSR count). The summed E-state index contributed by atoms with van der Waals surface area (Å²) < 4.78 is 0. The molecule has 0 spiro atoms. The van der Waals surface area contributed by atoms with E-state index < -0.39 is 0 Å². The Morgan fingerprint density at radius 3 is 2.23 bits per heavy atom. The minimum Gasteiger partial charge on any atom is -0.299 e. The molecule has 0 saturated carbocycles. The van der Waals surface area contributed by atoms with Gasteiger partial charge < -0.3 is 0 Å². The molecule has 3 nitrogen and oxygen atoms in total. The van der Waals surface area contributed by atoms with E-state index in [1.54, 1.807) is 55.5 Å². The predicted molar refractivity (Wildman–Crippen MR) is 89.2 cm³/mol. The second kappa shape index (κ2) is 7.66. The van der Waals surface area contributed by atoms with Gasteiger partial charge in [-0.2, -0.15) is 0 Å². The van der Waals surface area contributed by atoms with Gasteiger partial charge in [0.1, 0.15) is 5.78 Å². The van der Waals surface area contributed by atoms with E-state index in [0.717, 1.165) is 5.69 Å². The molecule has 0 saturated heterocycles. The van der Waals surface area contributed by atoms with Crippen molar-refractivity contribution in [1.29, 1.82) is 0 Å². The molecule has 2 aromatic carbocycles. The van der Waals surface area contributed by atoms with Crippen LogP contribution in [0.3, 0.4) is 0 Å². The van der Waals surface area contributed by atoms with Crippen molar-refractivity contribution in [1.82, 2.24) is 0 Å². The molecule has 0 atom stereocenters. The molecule has 0 aliphatic carbocycles. The molecule has 0 amide bonds. The lowest BCUT2D eigenvalue weighted by Gasteiger charge is -2.02. The van der Waals surface area contributed by atoms with Gasteiger partial charge in [0, 0.05) is 22.7 Å². The summed E-state index contributed by atoms with van der Waals surface area (Å²) in [4.78, 5) is 28.3. The largest absolute Gasteiger partial charge is 0.299 e. The minimum atomic E-state index is -0.162.